The summed E-state index contributed by atoms with van der Waals surface area (Å²) in [4.78, 5) is 0. The van der Waals surface area contributed by atoms with Gasteiger partial charge in [-0.3, -0.25) is 0 Å². The van der Waals surface area contributed by atoms with Gasteiger partial charge >= 0.3 is 66.0 Å². The first-order valence-electron chi connectivity index (χ1n) is 6.91. The van der Waals surface area contributed by atoms with Gasteiger partial charge in [-0.15, -0.1) is 0 Å². The molecule has 0 aromatic carbocycles. The van der Waals surface area contributed by atoms with E-state index < -0.39 is 15.6 Å². The van der Waals surface area contributed by atoms with Crippen molar-refractivity contribution in [3.63, 3.8) is 0 Å². The summed E-state index contributed by atoms with van der Waals surface area (Å²) in [6.07, 6.45) is 9.85. The molecule has 16 heteroatoms. The molecule has 0 aliphatic rings. The first-order chi connectivity index (χ1) is 12.2. The van der Waals surface area contributed by atoms with E-state index in [-0.39, 0.29) is 0 Å². The second-order valence-corrected chi connectivity index (χ2v) is 9.22. The van der Waals surface area contributed by atoms with Gasteiger partial charge in [0.05, 0.1) is 0 Å². The van der Waals surface area contributed by atoms with Crippen LogP contribution in [0.2, 0.25) is 0 Å². The average Bonchev–Trinajstić information content (AvgIpc) is 2.42. The quantitative estimate of drug-likeness (QED) is 0.228. The molecule has 0 bridgehead atoms. The molecule has 2 aromatic heterocycles. The minimum atomic E-state index is -10.7. The van der Waals surface area contributed by atoms with Crippen LogP contribution >= 0.6 is 15.6 Å². The predicted molar refractivity (Wildman–Crippen MR) is 86.8 cm³/mol. The molecule has 0 aliphatic heterocycles. The molecular weight excluding hydrogens is 474 g/mol. The van der Waals surface area contributed by atoms with Crippen LogP contribution in [0.4, 0.5) is 50.4 Å². The summed E-state index contributed by atoms with van der Waals surface area (Å²) in [5, 5.41) is 0. The Labute approximate surface area is 156 Å². The topological polar surface area (TPSA) is 7.76 Å². The molecular formula is C13H14F12N2P2. The van der Waals surface area contributed by atoms with Crippen LogP contribution in [0.5, 0.6) is 0 Å². The number of nitrogens with zero attached hydrogens (tertiary/aromatic N) is 2. The monoisotopic (exact) mass is 488 g/mol. The van der Waals surface area contributed by atoms with Crippen LogP contribution in [-0.2, 0) is 7.05 Å². The fraction of sp³-hybridized carbons (Fsp3) is 0.0769. The number of halogens is 12. The molecule has 170 valence electrons. The Morgan fingerprint density at radius 2 is 0.862 bits per heavy atom. The predicted octanol–water partition coefficient (Wildman–Crippen LogP) is 8.33. The Bertz CT molecular complexity index is 787. The minimum absolute atomic E-state index is 1.22. The van der Waals surface area contributed by atoms with E-state index in [1.165, 1.54) is 11.1 Å². The number of hydrogen-bond donors (Lipinski definition) is 0. The first kappa shape index (κ1) is 27.1. The molecule has 0 saturated carbocycles. The number of aromatic nitrogens is 2. The fourth-order valence-electron chi connectivity index (χ4n) is 1.45. The summed E-state index contributed by atoms with van der Waals surface area (Å²) >= 11 is 0. The maximum absolute atomic E-state index is 10.7. The van der Waals surface area contributed by atoms with Gasteiger partial charge in [-0.2, -0.15) is 4.57 Å². The van der Waals surface area contributed by atoms with E-state index in [9.17, 15) is 50.4 Å². The molecule has 0 spiro atoms. The van der Waals surface area contributed by atoms with Crippen molar-refractivity contribution in [2.24, 2.45) is 7.05 Å². The van der Waals surface area contributed by atoms with Crippen molar-refractivity contribution >= 4 is 21.8 Å². The Balaban J connectivity index is 0.000000473. The number of pyridine rings is 2. The maximum atomic E-state index is 9.87. The normalized spacial score (nSPS) is 16.3. The Morgan fingerprint density at radius 1 is 0.621 bits per heavy atom. The number of hydrogen-bond acceptors (Lipinski definition) is 0. The van der Waals surface area contributed by atoms with E-state index in [1.54, 1.807) is 6.20 Å². The summed E-state index contributed by atoms with van der Waals surface area (Å²) < 4.78 is 122. The average molecular weight is 488 g/mol. The van der Waals surface area contributed by atoms with Crippen LogP contribution in [0.3, 0.4) is 0 Å². The molecule has 0 saturated heterocycles. The zero-order valence-electron chi connectivity index (χ0n) is 14.2. The van der Waals surface area contributed by atoms with Gasteiger partial charge in [0.2, 0.25) is 0 Å². The standard InChI is InChI=1S/C13H14N2.2F6P/c1-3-15-10-6-13(7-11-15)12-4-8-14(2)9-5-12;2*1-7(2,3,4,5)6/h3-11H,1H2,2H3;;/q+2;2*-1. The first-order valence-corrected chi connectivity index (χ1v) is 11.0. The van der Waals surface area contributed by atoms with Crippen molar-refractivity contribution < 1.29 is 59.5 Å². The molecule has 0 radical (unpaired) electrons. The molecule has 2 rings (SSSR count). The second kappa shape index (κ2) is 6.80. The van der Waals surface area contributed by atoms with Gasteiger partial charge in [0.25, 0.3) is 0 Å². The Morgan fingerprint density at radius 3 is 1.10 bits per heavy atom. The molecule has 2 nitrogen and oxygen atoms in total. The zero-order chi connectivity index (χ0) is 23.5. The van der Waals surface area contributed by atoms with E-state index in [0.29, 0.717) is 0 Å². The van der Waals surface area contributed by atoms with E-state index in [4.69, 9.17) is 0 Å². The van der Waals surface area contributed by atoms with Crippen LogP contribution in [0.25, 0.3) is 17.3 Å². The second-order valence-electron chi connectivity index (χ2n) is 5.39. The summed E-state index contributed by atoms with van der Waals surface area (Å²) in [6.45, 7) is 3.70. The van der Waals surface area contributed by atoms with Crippen molar-refractivity contribution in [2.75, 3.05) is 0 Å². The summed E-state index contributed by atoms with van der Waals surface area (Å²) in [6, 6.07) is 8.37. The third-order valence-corrected chi connectivity index (χ3v) is 2.38. The van der Waals surface area contributed by atoms with E-state index >= 15 is 0 Å². The molecule has 0 fully saturated rings. The van der Waals surface area contributed by atoms with Gasteiger partial charge in [-0.05, 0) is 17.7 Å². The van der Waals surface area contributed by atoms with Gasteiger partial charge < -0.3 is 0 Å². The Kier molecular flexibility index (Phi) is 6.34. The van der Waals surface area contributed by atoms with Crippen LogP contribution < -0.4 is 9.13 Å². The van der Waals surface area contributed by atoms with Gasteiger partial charge in [0.1, 0.15) is 7.05 Å². The molecule has 0 atom stereocenters. The van der Waals surface area contributed by atoms with Crippen molar-refractivity contribution in [3.8, 4) is 11.1 Å². The molecule has 2 aromatic rings. The third-order valence-electron chi connectivity index (χ3n) is 2.38. The van der Waals surface area contributed by atoms with Crippen LogP contribution in [0.15, 0.2) is 55.6 Å². The fourth-order valence-corrected chi connectivity index (χ4v) is 1.45. The van der Waals surface area contributed by atoms with Crippen molar-refractivity contribution in [1.29, 1.82) is 0 Å². The zero-order valence-corrected chi connectivity index (χ0v) is 16.0. The molecule has 0 amide bonds. The molecule has 29 heavy (non-hydrogen) atoms. The van der Waals surface area contributed by atoms with E-state index in [2.05, 4.69) is 30.8 Å². The van der Waals surface area contributed by atoms with Gasteiger partial charge in [-0.25, -0.2) is 4.57 Å². The summed E-state index contributed by atoms with van der Waals surface area (Å²) in [5.74, 6) is 0. The van der Waals surface area contributed by atoms with Crippen molar-refractivity contribution in [3.05, 3.63) is 55.6 Å². The van der Waals surface area contributed by atoms with Gasteiger partial charge in [-0.1, -0.05) is 0 Å². The van der Waals surface area contributed by atoms with E-state index in [0.717, 1.165) is 0 Å². The van der Waals surface area contributed by atoms with Crippen molar-refractivity contribution in [2.45, 2.75) is 0 Å². The third kappa shape index (κ3) is 26.1. The molecule has 0 unspecified atom stereocenters. The number of rotatable bonds is 2. The molecule has 0 N–H and O–H groups in total. The van der Waals surface area contributed by atoms with Crippen LogP contribution in [-0.4, -0.2) is 0 Å². The number of aryl methyl sites for hydroxylation is 1. The van der Waals surface area contributed by atoms with Crippen molar-refractivity contribution in [1.82, 2.24) is 0 Å². The van der Waals surface area contributed by atoms with Crippen LogP contribution in [0, 0.1) is 0 Å². The summed E-state index contributed by atoms with van der Waals surface area (Å²) in [7, 11) is -19.3. The Hall–Kier alpha value is -1.94. The summed E-state index contributed by atoms with van der Waals surface area (Å²) in [5.41, 5.74) is 2.44. The van der Waals surface area contributed by atoms with E-state index in [1.807, 2.05) is 41.0 Å². The molecule has 2 heterocycles. The molecule has 0 aliphatic carbocycles. The van der Waals surface area contributed by atoms with Gasteiger partial charge in [0.15, 0.2) is 31.0 Å². The van der Waals surface area contributed by atoms with Crippen LogP contribution in [0.1, 0.15) is 0 Å². The van der Waals surface area contributed by atoms with Gasteiger partial charge in [0, 0.05) is 24.3 Å². The SMILES string of the molecule is C=C[n+]1ccc(-c2cc[n+](C)cc2)cc1.F[P-](F)(F)(F)(F)F.F[P-](F)(F)(F)(F)F.